The molecule has 176 valence electrons. The van der Waals surface area contributed by atoms with Crippen LogP contribution < -0.4 is 10.6 Å². The molecule has 1 fully saturated rings. The SMILES string of the molecule is O=C(NCc1ccccc1)c1ccccc1NC(=O)[C@@H]1CCCN(S(=O)(=O)c2ccccc2)C1. The number of para-hydroxylation sites is 1. The van der Waals surface area contributed by atoms with Gasteiger partial charge in [-0.2, -0.15) is 4.31 Å². The van der Waals surface area contributed by atoms with Crippen LogP contribution in [0.3, 0.4) is 0 Å². The van der Waals surface area contributed by atoms with Crippen LogP contribution in [0.4, 0.5) is 5.69 Å². The van der Waals surface area contributed by atoms with Gasteiger partial charge < -0.3 is 10.6 Å². The van der Waals surface area contributed by atoms with E-state index in [9.17, 15) is 18.0 Å². The highest BCUT2D eigenvalue weighted by atomic mass is 32.2. The molecule has 0 saturated carbocycles. The standard InChI is InChI=1S/C26H27N3O4S/c30-25(21-12-9-17-29(19-21)34(32,33)22-13-5-2-6-14-22)28-24-16-8-7-15-23(24)26(31)27-18-20-10-3-1-4-11-20/h1-8,10-11,13-16,21H,9,12,17-19H2,(H,27,31)(H,28,30)/t21-/m1/s1. The van der Waals surface area contributed by atoms with E-state index in [0.717, 1.165) is 5.56 Å². The Hall–Kier alpha value is -3.49. The average Bonchev–Trinajstić information content (AvgIpc) is 2.89. The van der Waals surface area contributed by atoms with E-state index in [0.29, 0.717) is 37.2 Å². The monoisotopic (exact) mass is 477 g/mol. The zero-order valence-electron chi connectivity index (χ0n) is 18.7. The van der Waals surface area contributed by atoms with Crippen molar-refractivity contribution in [3.05, 3.63) is 96.1 Å². The zero-order chi connectivity index (χ0) is 24.0. The molecule has 0 aliphatic carbocycles. The van der Waals surface area contributed by atoms with E-state index in [1.807, 2.05) is 30.3 Å². The molecule has 0 unspecified atom stereocenters. The Morgan fingerprint density at radius 1 is 0.882 bits per heavy atom. The highest BCUT2D eigenvalue weighted by Gasteiger charge is 2.33. The van der Waals surface area contributed by atoms with Crippen molar-refractivity contribution in [2.75, 3.05) is 18.4 Å². The molecule has 0 aromatic heterocycles. The molecule has 8 heteroatoms. The molecular weight excluding hydrogens is 450 g/mol. The Morgan fingerprint density at radius 2 is 1.53 bits per heavy atom. The molecule has 0 bridgehead atoms. The number of rotatable bonds is 7. The number of nitrogens with one attached hydrogen (secondary N) is 2. The summed E-state index contributed by atoms with van der Waals surface area (Å²) in [7, 11) is -3.67. The quantitative estimate of drug-likeness (QED) is 0.543. The molecule has 1 heterocycles. The maximum absolute atomic E-state index is 13.1. The molecule has 2 amide bonds. The van der Waals surface area contributed by atoms with Gasteiger partial charge in [0.25, 0.3) is 5.91 Å². The van der Waals surface area contributed by atoms with Gasteiger partial charge in [0.05, 0.1) is 22.1 Å². The fraction of sp³-hybridized carbons (Fsp3) is 0.231. The van der Waals surface area contributed by atoms with Gasteiger partial charge in [0.1, 0.15) is 0 Å². The molecule has 4 rings (SSSR count). The predicted molar refractivity (Wildman–Crippen MR) is 131 cm³/mol. The van der Waals surface area contributed by atoms with E-state index in [2.05, 4.69) is 10.6 Å². The van der Waals surface area contributed by atoms with Crippen LogP contribution in [0.5, 0.6) is 0 Å². The van der Waals surface area contributed by atoms with Gasteiger partial charge in [0, 0.05) is 19.6 Å². The number of hydrogen-bond donors (Lipinski definition) is 2. The van der Waals surface area contributed by atoms with Gasteiger partial charge in [0.2, 0.25) is 15.9 Å². The minimum atomic E-state index is -3.67. The highest BCUT2D eigenvalue weighted by molar-refractivity contribution is 7.89. The lowest BCUT2D eigenvalue weighted by Crippen LogP contribution is -2.43. The second-order valence-electron chi connectivity index (χ2n) is 8.22. The van der Waals surface area contributed by atoms with Crippen molar-refractivity contribution in [2.24, 2.45) is 5.92 Å². The molecule has 7 nitrogen and oxygen atoms in total. The van der Waals surface area contributed by atoms with Crippen LogP contribution in [0.2, 0.25) is 0 Å². The summed E-state index contributed by atoms with van der Waals surface area (Å²) >= 11 is 0. The maximum Gasteiger partial charge on any atom is 0.253 e. The van der Waals surface area contributed by atoms with Gasteiger partial charge in [-0.3, -0.25) is 9.59 Å². The van der Waals surface area contributed by atoms with Crippen molar-refractivity contribution >= 4 is 27.5 Å². The Balaban J connectivity index is 1.43. The highest BCUT2D eigenvalue weighted by Crippen LogP contribution is 2.25. The third kappa shape index (κ3) is 5.52. The van der Waals surface area contributed by atoms with Crippen LogP contribution in [0.25, 0.3) is 0 Å². The van der Waals surface area contributed by atoms with Crippen LogP contribution in [-0.4, -0.2) is 37.6 Å². The molecule has 3 aromatic carbocycles. The Morgan fingerprint density at radius 3 is 2.26 bits per heavy atom. The number of nitrogens with zero attached hydrogens (tertiary/aromatic N) is 1. The number of carbonyl (C=O) groups excluding carboxylic acids is 2. The summed E-state index contributed by atoms with van der Waals surface area (Å²) in [6.07, 6.45) is 1.17. The van der Waals surface area contributed by atoms with E-state index in [4.69, 9.17) is 0 Å². The van der Waals surface area contributed by atoms with E-state index in [-0.39, 0.29) is 23.3 Å². The predicted octanol–water partition coefficient (Wildman–Crippen LogP) is 3.66. The van der Waals surface area contributed by atoms with Crippen LogP contribution >= 0.6 is 0 Å². The summed E-state index contributed by atoms with van der Waals surface area (Å²) in [6.45, 7) is 0.849. The molecule has 1 saturated heterocycles. The fourth-order valence-corrected chi connectivity index (χ4v) is 5.56. The van der Waals surface area contributed by atoms with Gasteiger partial charge in [-0.05, 0) is 42.7 Å². The van der Waals surface area contributed by atoms with E-state index < -0.39 is 15.9 Å². The fourth-order valence-electron chi connectivity index (χ4n) is 4.01. The van der Waals surface area contributed by atoms with Gasteiger partial charge in [0.15, 0.2) is 0 Å². The topological polar surface area (TPSA) is 95.6 Å². The minimum absolute atomic E-state index is 0.103. The van der Waals surface area contributed by atoms with Crippen molar-refractivity contribution in [1.82, 2.24) is 9.62 Å². The maximum atomic E-state index is 13.1. The van der Waals surface area contributed by atoms with Crippen molar-refractivity contribution in [3.8, 4) is 0 Å². The normalized spacial score (nSPS) is 16.5. The Kier molecular flexibility index (Phi) is 7.40. The van der Waals surface area contributed by atoms with E-state index >= 15 is 0 Å². The molecule has 1 atom stereocenters. The van der Waals surface area contributed by atoms with Gasteiger partial charge in [-0.25, -0.2) is 8.42 Å². The van der Waals surface area contributed by atoms with Crippen LogP contribution in [0, 0.1) is 5.92 Å². The van der Waals surface area contributed by atoms with E-state index in [1.54, 1.807) is 54.6 Å². The number of amides is 2. The van der Waals surface area contributed by atoms with Gasteiger partial charge in [-0.15, -0.1) is 0 Å². The summed E-state index contributed by atoms with van der Waals surface area (Å²) < 4.78 is 27.3. The summed E-state index contributed by atoms with van der Waals surface area (Å²) in [5, 5.41) is 5.73. The van der Waals surface area contributed by atoms with Gasteiger partial charge >= 0.3 is 0 Å². The van der Waals surface area contributed by atoms with Crippen LogP contribution in [0.15, 0.2) is 89.8 Å². The molecular formula is C26H27N3O4S. The van der Waals surface area contributed by atoms with Gasteiger partial charge in [-0.1, -0.05) is 60.7 Å². The summed E-state index contributed by atoms with van der Waals surface area (Å²) in [5.74, 6) is -1.10. The van der Waals surface area contributed by atoms with Crippen molar-refractivity contribution in [1.29, 1.82) is 0 Å². The lowest BCUT2D eigenvalue weighted by atomic mass is 9.98. The van der Waals surface area contributed by atoms with Crippen molar-refractivity contribution in [2.45, 2.75) is 24.3 Å². The number of carbonyl (C=O) groups is 2. The Labute approximate surface area is 199 Å². The second-order valence-corrected chi connectivity index (χ2v) is 10.2. The first-order valence-corrected chi connectivity index (χ1v) is 12.7. The smallest absolute Gasteiger partial charge is 0.253 e. The third-order valence-corrected chi connectivity index (χ3v) is 7.74. The zero-order valence-corrected chi connectivity index (χ0v) is 19.5. The molecule has 1 aliphatic rings. The van der Waals surface area contributed by atoms with E-state index in [1.165, 1.54) is 4.31 Å². The third-order valence-electron chi connectivity index (χ3n) is 5.86. The number of sulfonamides is 1. The molecule has 34 heavy (non-hydrogen) atoms. The van der Waals surface area contributed by atoms with Crippen molar-refractivity contribution < 1.29 is 18.0 Å². The molecule has 0 radical (unpaired) electrons. The van der Waals surface area contributed by atoms with Crippen LogP contribution in [-0.2, 0) is 21.4 Å². The summed E-state index contributed by atoms with van der Waals surface area (Å²) in [5.41, 5.74) is 1.73. The molecule has 2 N–H and O–H groups in total. The average molecular weight is 478 g/mol. The minimum Gasteiger partial charge on any atom is -0.348 e. The second kappa shape index (κ2) is 10.6. The number of piperidine rings is 1. The lowest BCUT2D eigenvalue weighted by molar-refractivity contribution is -0.120. The summed E-state index contributed by atoms with van der Waals surface area (Å²) in [4.78, 5) is 26.1. The first-order chi connectivity index (χ1) is 16.4. The first kappa shape index (κ1) is 23.7. The molecule has 1 aliphatic heterocycles. The van der Waals surface area contributed by atoms with Crippen molar-refractivity contribution in [3.63, 3.8) is 0 Å². The van der Waals surface area contributed by atoms with Crippen LogP contribution in [0.1, 0.15) is 28.8 Å². The number of benzene rings is 3. The largest absolute Gasteiger partial charge is 0.348 e. The molecule has 0 spiro atoms. The number of anilines is 1. The Bertz CT molecular complexity index is 1250. The lowest BCUT2D eigenvalue weighted by Gasteiger charge is -2.31. The number of hydrogen-bond acceptors (Lipinski definition) is 4. The molecule has 3 aromatic rings. The first-order valence-electron chi connectivity index (χ1n) is 11.2. The summed E-state index contributed by atoms with van der Waals surface area (Å²) in [6, 6.07) is 24.6.